The second-order valence-electron chi connectivity index (χ2n) is 8.75. The minimum absolute atomic E-state index is 0.113. The van der Waals surface area contributed by atoms with Crippen molar-refractivity contribution in [1.29, 1.82) is 0 Å². The minimum Gasteiger partial charge on any atom is -0.385 e. The number of fused-ring (bicyclic) bond motifs is 1. The zero-order valence-electron chi connectivity index (χ0n) is 21.4. The molecule has 10 heteroatoms. The van der Waals surface area contributed by atoms with Gasteiger partial charge in [0.1, 0.15) is 17.3 Å². The standard InChI is InChI=1S/C28H30N6O4/c1-30-24(35)17-21-26(37)20-11-12-22(32-28(20)34(27(21)29)14-5-15-38-2)19-9-7-18(8-10-19)16-25(36)33-23-6-3-4-13-31-23/h3-4,6-13H,5,14-17,29H2,1-2H3,(H,30,35)(H,31,33,36). The van der Waals surface area contributed by atoms with Gasteiger partial charge in [0.05, 0.1) is 23.9 Å². The van der Waals surface area contributed by atoms with E-state index < -0.39 is 0 Å². The molecule has 3 aromatic heterocycles. The predicted molar refractivity (Wildman–Crippen MR) is 147 cm³/mol. The number of rotatable bonds is 10. The van der Waals surface area contributed by atoms with Crippen molar-refractivity contribution in [2.75, 3.05) is 31.8 Å². The van der Waals surface area contributed by atoms with Crippen LogP contribution in [-0.4, -0.2) is 47.1 Å². The number of nitrogens with one attached hydrogen (secondary N) is 2. The smallest absolute Gasteiger partial charge is 0.229 e. The Bertz CT molecular complexity index is 1500. The van der Waals surface area contributed by atoms with Gasteiger partial charge in [-0.15, -0.1) is 0 Å². The number of aromatic nitrogens is 3. The summed E-state index contributed by atoms with van der Waals surface area (Å²) >= 11 is 0. The summed E-state index contributed by atoms with van der Waals surface area (Å²) in [6.45, 7) is 0.977. The van der Waals surface area contributed by atoms with Crippen LogP contribution in [0.4, 0.5) is 11.6 Å². The Balaban J connectivity index is 1.64. The number of carbonyl (C=O) groups excluding carboxylic acids is 2. The van der Waals surface area contributed by atoms with E-state index in [0.717, 1.165) is 11.1 Å². The predicted octanol–water partition coefficient (Wildman–Crippen LogP) is 2.55. The van der Waals surface area contributed by atoms with Gasteiger partial charge in [-0.3, -0.25) is 14.4 Å². The highest BCUT2D eigenvalue weighted by atomic mass is 16.5. The summed E-state index contributed by atoms with van der Waals surface area (Å²) in [6.07, 6.45) is 2.36. The fraction of sp³-hybridized carbons (Fsp3) is 0.250. The van der Waals surface area contributed by atoms with Crippen LogP contribution in [0.5, 0.6) is 0 Å². The molecule has 1 aromatic carbocycles. The molecule has 0 aliphatic heterocycles. The van der Waals surface area contributed by atoms with Gasteiger partial charge in [0.15, 0.2) is 5.43 Å². The van der Waals surface area contributed by atoms with Crippen LogP contribution >= 0.6 is 0 Å². The summed E-state index contributed by atoms with van der Waals surface area (Å²) < 4.78 is 6.96. The summed E-state index contributed by atoms with van der Waals surface area (Å²) in [5, 5.41) is 5.70. The third-order valence-electron chi connectivity index (χ3n) is 6.14. The Morgan fingerprint density at radius 2 is 1.82 bits per heavy atom. The summed E-state index contributed by atoms with van der Waals surface area (Å²) in [5.74, 6) is 0.267. The topological polar surface area (TPSA) is 141 Å². The third-order valence-corrected chi connectivity index (χ3v) is 6.14. The number of ether oxygens (including phenoxy) is 1. The van der Waals surface area contributed by atoms with E-state index in [-0.39, 0.29) is 41.5 Å². The Labute approximate surface area is 219 Å². The zero-order chi connectivity index (χ0) is 27.1. The van der Waals surface area contributed by atoms with Crippen molar-refractivity contribution in [2.24, 2.45) is 0 Å². The molecule has 38 heavy (non-hydrogen) atoms. The van der Waals surface area contributed by atoms with Gasteiger partial charge in [-0.25, -0.2) is 9.97 Å². The van der Waals surface area contributed by atoms with Gasteiger partial charge in [0.2, 0.25) is 11.8 Å². The first kappa shape index (κ1) is 26.5. The lowest BCUT2D eigenvalue weighted by molar-refractivity contribution is -0.120. The fourth-order valence-electron chi connectivity index (χ4n) is 4.16. The molecule has 0 spiro atoms. The molecule has 0 saturated carbocycles. The number of nitrogens with two attached hydrogens (primary N) is 1. The van der Waals surface area contributed by atoms with E-state index in [4.69, 9.17) is 15.5 Å². The van der Waals surface area contributed by atoms with Crippen molar-refractivity contribution in [3.63, 3.8) is 0 Å². The molecule has 0 fully saturated rings. The molecule has 0 aliphatic carbocycles. The number of anilines is 2. The molecule has 0 aliphatic rings. The number of methoxy groups -OCH3 is 1. The molecule has 0 bridgehead atoms. The van der Waals surface area contributed by atoms with Crippen LogP contribution < -0.4 is 21.8 Å². The van der Waals surface area contributed by atoms with Gasteiger partial charge >= 0.3 is 0 Å². The van der Waals surface area contributed by atoms with Crippen LogP contribution in [0.15, 0.2) is 65.6 Å². The number of nitrogens with zero attached hydrogens (tertiary/aromatic N) is 3. The van der Waals surface area contributed by atoms with Gasteiger partial charge in [0, 0.05) is 44.6 Å². The van der Waals surface area contributed by atoms with E-state index >= 15 is 0 Å². The maximum atomic E-state index is 13.2. The average Bonchev–Trinajstić information content (AvgIpc) is 2.93. The first-order valence-corrected chi connectivity index (χ1v) is 12.2. The number of amides is 2. The van der Waals surface area contributed by atoms with Crippen LogP contribution in [0.3, 0.4) is 0 Å². The van der Waals surface area contributed by atoms with Crippen molar-refractivity contribution in [3.8, 4) is 11.3 Å². The van der Waals surface area contributed by atoms with E-state index in [1.807, 2.05) is 24.3 Å². The quantitative estimate of drug-likeness (QED) is 0.276. The summed E-state index contributed by atoms with van der Waals surface area (Å²) in [5.41, 5.74) is 9.10. The SMILES string of the molecule is CNC(=O)Cc1c(N)n(CCCOC)c2nc(-c3ccc(CC(=O)Nc4ccccn4)cc3)ccc2c1=O. The van der Waals surface area contributed by atoms with Crippen molar-refractivity contribution >= 4 is 34.5 Å². The number of nitrogen functional groups attached to an aromatic ring is 1. The largest absolute Gasteiger partial charge is 0.385 e. The Kier molecular flexibility index (Phi) is 8.44. The average molecular weight is 515 g/mol. The highest BCUT2D eigenvalue weighted by Gasteiger charge is 2.19. The second-order valence-corrected chi connectivity index (χ2v) is 8.75. The van der Waals surface area contributed by atoms with E-state index in [1.54, 1.807) is 48.2 Å². The first-order chi connectivity index (χ1) is 18.4. The van der Waals surface area contributed by atoms with Crippen LogP contribution in [0.1, 0.15) is 17.5 Å². The second kappa shape index (κ2) is 12.1. The molecule has 4 rings (SSSR count). The number of pyridine rings is 3. The molecular formula is C28H30N6O4. The Morgan fingerprint density at radius 3 is 2.50 bits per heavy atom. The third kappa shape index (κ3) is 6.04. The molecule has 2 amide bonds. The number of aryl methyl sites for hydroxylation is 1. The van der Waals surface area contributed by atoms with Crippen LogP contribution in [0.25, 0.3) is 22.3 Å². The molecule has 0 radical (unpaired) electrons. The molecule has 4 aromatic rings. The van der Waals surface area contributed by atoms with Gasteiger partial charge in [-0.2, -0.15) is 0 Å². The molecule has 196 valence electrons. The summed E-state index contributed by atoms with van der Waals surface area (Å²) in [6, 6.07) is 16.3. The lowest BCUT2D eigenvalue weighted by Gasteiger charge is -2.17. The molecule has 0 atom stereocenters. The number of hydrogen-bond acceptors (Lipinski definition) is 7. The van der Waals surface area contributed by atoms with E-state index in [9.17, 15) is 14.4 Å². The van der Waals surface area contributed by atoms with Gasteiger partial charge in [0.25, 0.3) is 0 Å². The van der Waals surface area contributed by atoms with Crippen molar-refractivity contribution < 1.29 is 14.3 Å². The monoisotopic (exact) mass is 514 g/mol. The van der Waals surface area contributed by atoms with Crippen molar-refractivity contribution in [1.82, 2.24) is 19.9 Å². The van der Waals surface area contributed by atoms with Crippen molar-refractivity contribution in [2.45, 2.75) is 25.8 Å². The molecule has 0 saturated heterocycles. The van der Waals surface area contributed by atoms with E-state index in [2.05, 4.69) is 15.6 Å². The van der Waals surface area contributed by atoms with Crippen molar-refractivity contribution in [3.05, 3.63) is 82.1 Å². The number of hydrogen-bond donors (Lipinski definition) is 3. The highest BCUT2D eigenvalue weighted by Crippen LogP contribution is 2.24. The Hall–Kier alpha value is -4.57. The number of likely N-dealkylation sites (N-methyl/N-ethyl adjacent to an activating group) is 1. The zero-order valence-corrected chi connectivity index (χ0v) is 21.4. The normalized spacial score (nSPS) is 10.9. The fourth-order valence-corrected chi connectivity index (χ4v) is 4.16. The number of carbonyl (C=O) groups is 2. The maximum absolute atomic E-state index is 13.2. The number of benzene rings is 1. The van der Waals surface area contributed by atoms with E-state index in [0.29, 0.717) is 42.1 Å². The summed E-state index contributed by atoms with van der Waals surface area (Å²) in [7, 11) is 3.13. The lowest BCUT2D eigenvalue weighted by atomic mass is 10.0. The molecule has 4 N–H and O–H groups in total. The first-order valence-electron chi connectivity index (χ1n) is 12.2. The van der Waals surface area contributed by atoms with Gasteiger partial charge in [-0.05, 0) is 36.2 Å². The minimum atomic E-state index is -0.308. The molecule has 3 heterocycles. The highest BCUT2D eigenvalue weighted by molar-refractivity contribution is 5.91. The maximum Gasteiger partial charge on any atom is 0.229 e. The molecule has 0 unspecified atom stereocenters. The van der Waals surface area contributed by atoms with Crippen LogP contribution in [0.2, 0.25) is 0 Å². The van der Waals surface area contributed by atoms with E-state index in [1.165, 1.54) is 7.05 Å². The van der Waals surface area contributed by atoms with Crippen LogP contribution in [0, 0.1) is 0 Å². The molecular weight excluding hydrogens is 484 g/mol. The Morgan fingerprint density at radius 1 is 1.03 bits per heavy atom. The van der Waals surface area contributed by atoms with Crippen LogP contribution in [-0.2, 0) is 33.7 Å². The lowest BCUT2D eigenvalue weighted by Crippen LogP contribution is -2.27. The van der Waals surface area contributed by atoms with Gasteiger partial charge < -0.3 is 25.7 Å². The van der Waals surface area contributed by atoms with Gasteiger partial charge in [-0.1, -0.05) is 30.3 Å². The summed E-state index contributed by atoms with van der Waals surface area (Å²) in [4.78, 5) is 46.5. The molecule has 10 nitrogen and oxygen atoms in total.